The molecule has 1 aliphatic rings. The molecule has 5 nitrogen and oxygen atoms in total. The van der Waals surface area contributed by atoms with Gasteiger partial charge in [-0.05, 0) is 43.7 Å². The van der Waals surface area contributed by atoms with Gasteiger partial charge in [-0.15, -0.1) is 0 Å². The second-order valence-corrected chi connectivity index (χ2v) is 8.51. The minimum Gasteiger partial charge on any atom is -0.342 e. The van der Waals surface area contributed by atoms with E-state index in [9.17, 15) is 4.79 Å². The first-order valence-corrected chi connectivity index (χ1v) is 9.48. The molecule has 26 heavy (non-hydrogen) atoms. The number of nitrogens with zero attached hydrogens (tertiary/aromatic N) is 4. The van der Waals surface area contributed by atoms with Crippen LogP contribution < -0.4 is 0 Å². The molecule has 0 bridgehead atoms. The van der Waals surface area contributed by atoms with Crippen LogP contribution in [0.3, 0.4) is 0 Å². The molecule has 5 heteroatoms. The first kappa shape index (κ1) is 18.6. The third-order valence-corrected chi connectivity index (χ3v) is 5.28. The molecule has 0 N–H and O–H groups in total. The Kier molecular flexibility index (Phi) is 5.17. The molecular formula is C21H30N4O. The van der Waals surface area contributed by atoms with Crippen molar-refractivity contribution in [2.24, 2.45) is 18.4 Å². The lowest BCUT2D eigenvalue weighted by molar-refractivity contribution is -0.141. The van der Waals surface area contributed by atoms with Gasteiger partial charge in [0.1, 0.15) is 5.82 Å². The number of aryl methyl sites for hydroxylation is 1. The molecule has 140 valence electrons. The van der Waals surface area contributed by atoms with E-state index in [1.807, 2.05) is 52.0 Å². The number of amides is 1. The van der Waals surface area contributed by atoms with Crippen LogP contribution in [-0.2, 0) is 18.3 Å². The number of hydrogen-bond acceptors (Lipinski definition) is 3. The molecule has 1 fully saturated rings. The van der Waals surface area contributed by atoms with Crippen LogP contribution >= 0.6 is 0 Å². The van der Waals surface area contributed by atoms with Crippen LogP contribution in [0.25, 0.3) is 11.4 Å². The number of rotatable bonds is 3. The van der Waals surface area contributed by atoms with E-state index in [-0.39, 0.29) is 11.3 Å². The standard InChI is InChI=1S/C21H30N4O/c1-15-22-13-19(24(15)5)18-9-8-16(12-23-18)11-17-7-6-10-25(14-17)20(26)21(2,3)4/h8-9,12-13,17H,6-7,10-11,14H2,1-5H3/t17-/m0/s1. The van der Waals surface area contributed by atoms with E-state index in [2.05, 4.69) is 26.7 Å². The molecule has 0 aliphatic carbocycles. The Morgan fingerprint density at radius 3 is 2.58 bits per heavy atom. The predicted octanol–water partition coefficient (Wildman–Crippen LogP) is 3.62. The lowest BCUT2D eigenvalue weighted by Gasteiger charge is -2.36. The Bertz CT molecular complexity index is 770. The molecule has 1 aliphatic heterocycles. The average Bonchev–Trinajstić information content (AvgIpc) is 2.94. The van der Waals surface area contributed by atoms with Crippen molar-refractivity contribution in [3.05, 3.63) is 35.9 Å². The summed E-state index contributed by atoms with van der Waals surface area (Å²) in [5.74, 6) is 1.76. The molecule has 3 heterocycles. The first-order chi connectivity index (χ1) is 12.3. The normalized spacial score (nSPS) is 18.2. The van der Waals surface area contributed by atoms with Crippen molar-refractivity contribution in [1.82, 2.24) is 19.4 Å². The van der Waals surface area contributed by atoms with E-state index in [1.165, 1.54) is 12.0 Å². The Morgan fingerprint density at radius 2 is 2.00 bits per heavy atom. The lowest BCUT2D eigenvalue weighted by atomic mass is 9.88. The van der Waals surface area contributed by atoms with Crippen LogP contribution in [0.2, 0.25) is 0 Å². The lowest BCUT2D eigenvalue weighted by Crippen LogP contribution is -2.45. The van der Waals surface area contributed by atoms with Crippen molar-refractivity contribution >= 4 is 5.91 Å². The number of carbonyl (C=O) groups excluding carboxylic acids is 1. The van der Waals surface area contributed by atoms with Crippen LogP contribution in [0.5, 0.6) is 0 Å². The van der Waals surface area contributed by atoms with Crippen LogP contribution in [0, 0.1) is 18.3 Å². The first-order valence-electron chi connectivity index (χ1n) is 9.48. The zero-order valence-electron chi connectivity index (χ0n) is 16.6. The van der Waals surface area contributed by atoms with Gasteiger partial charge in [0.25, 0.3) is 0 Å². The highest BCUT2D eigenvalue weighted by molar-refractivity contribution is 5.81. The highest BCUT2D eigenvalue weighted by Gasteiger charge is 2.30. The molecule has 0 aromatic carbocycles. The molecule has 1 saturated heterocycles. The maximum Gasteiger partial charge on any atom is 0.227 e. The summed E-state index contributed by atoms with van der Waals surface area (Å²) in [6.07, 6.45) is 7.09. The number of aromatic nitrogens is 3. The highest BCUT2D eigenvalue weighted by Crippen LogP contribution is 2.26. The fourth-order valence-electron chi connectivity index (χ4n) is 3.66. The maximum absolute atomic E-state index is 12.6. The summed E-state index contributed by atoms with van der Waals surface area (Å²) < 4.78 is 2.05. The summed E-state index contributed by atoms with van der Waals surface area (Å²) in [4.78, 5) is 23.6. The second-order valence-electron chi connectivity index (χ2n) is 8.51. The van der Waals surface area contributed by atoms with E-state index in [4.69, 9.17) is 0 Å². The minimum absolute atomic E-state index is 0.266. The number of pyridine rings is 1. The topological polar surface area (TPSA) is 51.0 Å². The van der Waals surface area contributed by atoms with E-state index < -0.39 is 0 Å². The molecular weight excluding hydrogens is 324 g/mol. The van der Waals surface area contributed by atoms with Crippen molar-refractivity contribution in [1.29, 1.82) is 0 Å². The van der Waals surface area contributed by atoms with Crippen molar-refractivity contribution in [3.63, 3.8) is 0 Å². The number of imidazole rings is 1. The van der Waals surface area contributed by atoms with E-state index in [1.54, 1.807) is 0 Å². The van der Waals surface area contributed by atoms with Crippen molar-refractivity contribution in [2.45, 2.75) is 47.0 Å². The van der Waals surface area contributed by atoms with Gasteiger partial charge in [0.05, 0.1) is 17.6 Å². The number of likely N-dealkylation sites (tertiary alicyclic amines) is 1. The second kappa shape index (κ2) is 7.22. The summed E-state index contributed by atoms with van der Waals surface area (Å²) in [5, 5.41) is 0. The van der Waals surface area contributed by atoms with Crippen molar-refractivity contribution in [3.8, 4) is 11.4 Å². The zero-order valence-corrected chi connectivity index (χ0v) is 16.6. The maximum atomic E-state index is 12.6. The predicted molar refractivity (Wildman–Crippen MR) is 104 cm³/mol. The number of piperidine rings is 1. The Labute approximate surface area is 156 Å². The fourth-order valence-corrected chi connectivity index (χ4v) is 3.66. The Hall–Kier alpha value is -2.17. The molecule has 1 amide bonds. The van der Waals surface area contributed by atoms with Gasteiger partial charge in [0.15, 0.2) is 0 Å². The van der Waals surface area contributed by atoms with Crippen molar-refractivity contribution in [2.75, 3.05) is 13.1 Å². The Balaban J connectivity index is 1.65. The molecule has 2 aromatic rings. The SMILES string of the molecule is Cc1ncc(-c2ccc(C[C@@H]3CCCN(C(=O)C(C)(C)C)C3)cn2)n1C. The Morgan fingerprint density at radius 1 is 1.23 bits per heavy atom. The number of hydrogen-bond donors (Lipinski definition) is 0. The summed E-state index contributed by atoms with van der Waals surface area (Å²) >= 11 is 0. The molecule has 0 spiro atoms. The van der Waals surface area contributed by atoms with Crippen molar-refractivity contribution < 1.29 is 4.79 Å². The molecule has 0 unspecified atom stereocenters. The molecule has 0 radical (unpaired) electrons. The fraction of sp³-hybridized carbons (Fsp3) is 0.571. The van der Waals surface area contributed by atoms with Gasteiger partial charge in [-0.3, -0.25) is 9.78 Å². The average molecular weight is 354 g/mol. The third-order valence-electron chi connectivity index (χ3n) is 5.28. The van der Waals surface area contributed by atoms with Crippen LogP contribution in [0.4, 0.5) is 0 Å². The molecule has 0 saturated carbocycles. The van der Waals surface area contributed by atoms with Gasteiger partial charge in [0.2, 0.25) is 5.91 Å². The summed E-state index contributed by atoms with van der Waals surface area (Å²) in [6, 6.07) is 4.24. The zero-order chi connectivity index (χ0) is 18.9. The number of carbonyl (C=O) groups is 1. The largest absolute Gasteiger partial charge is 0.342 e. The summed E-state index contributed by atoms with van der Waals surface area (Å²) in [5.41, 5.74) is 2.92. The van der Waals surface area contributed by atoms with E-state index in [0.717, 1.165) is 43.1 Å². The van der Waals surface area contributed by atoms with Crippen LogP contribution in [0.15, 0.2) is 24.5 Å². The van der Waals surface area contributed by atoms with Gasteiger partial charge in [-0.25, -0.2) is 4.98 Å². The van der Waals surface area contributed by atoms with Gasteiger partial charge in [0, 0.05) is 31.7 Å². The van der Waals surface area contributed by atoms with Crippen LogP contribution in [0.1, 0.15) is 45.0 Å². The molecule has 2 aromatic heterocycles. The molecule has 3 rings (SSSR count). The summed E-state index contributed by atoms with van der Waals surface area (Å²) in [6.45, 7) is 9.75. The van der Waals surface area contributed by atoms with Gasteiger partial charge < -0.3 is 9.47 Å². The van der Waals surface area contributed by atoms with Gasteiger partial charge in [-0.2, -0.15) is 0 Å². The van der Waals surface area contributed by atoms with Crippen LogP contribution in [-0.4, -0.2) is 38.4 Å². The smallest absolute Gasteiger partial charge is 0.227 e. The third kappa shape index (κ3) is 3.97. The molecule has 1 atom stereocenters. The monoisotopic (exact) mass is 354 g/mol. The van der Waals surface area contributed by atoms with Gasteiger partial charge >= 0.3 is 0 Å². The van der Waals surface area contributed by atoms with Gasteiger partial charge in [-0.1, -0.05) is 26.8 Å². The minimum atomic E-state index is -0.299. The van der Waals surface area contributed by atoms with E-state index >= 15 is 0 Å². The summed E-state index contributed by atoms with van der Waals surface area (Å²) in [7, 11) is 2.01. The highest BCUT2D eigenvalue weighted by atomic mass is 16.2. The quantitative estimate of drug-likeness (QED) is 0.846. The van der Waals surface area contributed by atoms with E-state index in [0.29, 0.717) is 5.92 Å².